The molecule has 0 bridgehead atoms. The van der Waals surface area contributed by atoms with Crippen LogP contribution in [0.3, 0.4) is 0 Å². The molecule has 0 aromatic carbocycles. The molecule has 20 heavy (non-hydrogen) atoms. The molecular weight excluding hydrogens is 298 g/mol. The molecule has 6 nitrogen and oxygen atoms in total. The number of aryl methyl sites for hydroxylation is 2. The average molecular weight is 315 g/mol. The van der Waals surface area contributed by atoms with Crippen LogP contribution in [0.1, 0.15) is 22.5 Å². The topological polar surface area (TPSA) is 84.2 Å². The fourth-order valence-electron chi connectivity index (χ4n) is 1.84. The van der Waals surface area contributed by atoms with E-state index in [-0.39, 0.29) is 18.0 Å². The van der Waals surface area contributed by atoms with Gasteiger partial charge in [0.1, 0.15) is 0 Å². The van der Waals surface area contributed by atoms with Crippen LogP contribution in [0.5, 0.6) is 0 Å². The summed E-state index contributed by atoms with van der Waals surface area (Å²) < 4.78 is 28.6. The third-order valence-electron chi connectivity index (χ3n) is 2.88. The van der Waals surface area contributed by atoms with Crippen LogP contribution < -0.4 is 4.72 Å². The van der Waals surface area contributed by atoms with Gasteiger partial charge in [0.15, 0.2) is 0 Å². The second-order valence-corrected chi connectivity index (χ2v) is 7.37. The van der Waals surface area contributed by atoms with Gasteiger partial charge in [-0.15, -0.1) is 11.3 Å². The Bertz CT molecular complexity index is 667. The van der Waals surface area contributed by atoms with E-state index >= 15 is 0 Å². The molecule has 0 spiro atoms. The van der Waals surface area contributed by atoms with Crippen molar-refractivity contribution in [2.45, 2.75) is 38.4 Å². The fourth-order valence-corrected chi connectivity index (χ4v) is 3.73. The Labute approximate surface area is 122 Å². The molecule has 2 aromatic rings. The van der Waals surface area contributed by atoms with Crippen molar-refractivity contribution in [2.75, 3.05) is 0 Å². The second kappa shape index (κ2) is 6.04. The van der Waals surface area contributed by atoms with Crippen LogP contribution in [-0.2, 0) is 29.7 Å². The SMILES string of the molecule is CCn1cc(S(=O)(=O)NCc2cnc(C)s2)cc1CO. The minimum absolute atomic E-state index is 0.171. The number of sulfonamides is 1. The van der Waals surface area contributed by atoms with Gasteiger partial charge in [-0.2, -0.15) is 0 Å². The number of nitrogens with zero attached hydrogens (tertiary/aromatic N) is 2. The van der Waals surface area contributed by atoms with E-state index in [4.69, 9.17) is 0 Å². The molecule has 0 saturated carbocycles. The Morgan fingerprint density at radius 3 is 2.75 bits per heavy atom. The fraction of sp³-hybridized carbons (Fsp3) is 0.417. The van der Waals surface area contributed by atoms with Crippen molar-refractivity contribution in [1.82, 2.24) is 14.3 Å². The maximum Gasteiger partial charge on any atom is 0.242 e. The van der Waals surface area contributed by atoms with E-state index < -0.39 is 10.0 Å². The average Bonchev–Trinajstić information content (AvgIpc) is 3.02. The number of thiazole rings is 1. The van der Waals surface area contributed by atoms with Crippen LogP contribution in [0.25, 0.3) is 0 Å². The Balaban J connectivity index is 2.15. The molecule has 0 saturated heterocycles. The van der Waals surface area contributed by atoms with E-state index in [0.717, 1.165) is 9.88 Å². The molecule has 0 unspecified atom stereocenters. The monoisotopic (exact) mass is 315 g/mol. The molecule has 0 atom stereocenters. The van der Waals surface area contributed by atoms with Crippen molar-refractivity contribution in [2.24, 2.45) is 0 Å². The van der Waals surface area contributed by atoms with Gasteiger partial charge in [0.05, 0.1) is 16.5 Å². The largest absolute Gasteiger partial charge is 0.390 e. The first-order valence-corrected chi connectivity index (χ1v) is 8.47. The van der Waals surface area contributed by atoms with Crippen LogP contribution in [0.2, 0.25) is 0 Å². The number of aromatic nitrogens is 2. The lowest BCUT2D eigenvalue weighted by Crippen LogP contribution is -2.22. The molecule has 0 radical (unpaired) electrons. The molecule has 0 fully saturated rings. The van der Waals surface area contributed by atoms with Crippen LogP contribution in [-0.4, -0.2) is 23.1 Å². The molecule has 2 aromatic heterocycles. The summed E-state index contributed by atoms with van der Waals surface area (Å²) in [6.07, 6.45) is 3.20. The molecule has 2 N–H and O–H groups in total. The van der Waals surface area contributed by atoms with E-state index in [0.29, 0.717) is 12.2 Å². The van der Waals surface area contributed by atoms with Gasteiger partial charge in [-0.25, -0.2) is 18.1 Å². The first kappa shape index (κ1) is 15.2. The number of aliphatic hydroxyl groups excluding tert-OH is 1. The standard InChI is InChI=1S/C12H17N3O3S2/c1-3-15-7-12(4-10(15)8-16)20(17,18)14-6-11-5-13-9(2)19-11/h4-5,7,14,16H,3,6,8H2,1-2H3. The maximum atomic E-state index is 12.2. The predicted octanol–water partition coefficient (Wildman–Crippen LogP) is 1.24. The molecule has 2 heterocycles. The summed E-state index contributed by atoms with van der Waals surface area (Å²) in [7, 11) is -3.57. The van der Waals surface area contributed by atoms with Gasteiger partial charge in [-0.1, -0.05) is 0 Å². The molecule has 0 amide bonds. The molecule has 0 aliphatic rings. The number of rotatable bonds is 6. The summed E-state index contributed by atoms with van der Waals surface area (Å²) in [5, 5.41) is 10.1. The van der Waals surface area contributed by atoms with Gasteiger partial charge >= 0.3 is 0 Å². The Morgan fingerprint density at radius 1 is 1.50 bits per heavy atom. The lowest BCUT2D eigenvalue weighted by Gasteiger charge is -2.03. The Hall–Kier alpha value is -1.22. The van der Waals surface area contributed by atoms with Crippen LogP contribution >= 0.6 is 11.3 Å². The number of nitrogens with one attached hydrogen (secondary N) is 1. The zero-order valence-corrected chi connectivity index (χ0v) is 13.0. The van der Waals surface area contributed by atoms with Gasteiger partial charge < -0.3 is 9.67 Å². The second-order valence-electron chi connectivity index (χ2n) is 4.28. The summed E-state index contributed by atoms with van der Waals surface area (Å²) in [6.45, 7) is 4.41. The smallest absolute Gasteiger partial charge is 0.242 e. The molecule has 0 aliphatic carbocycles. The maximum absolute atomic E-state index is 12.2. The minimum atomic E-state index is -3.57. The molecule has 0 aliphatic heterocycles. The highest BCUT2D eigenvalue weighted by molar-refractivity contribution is 7.89. The summed E-state index contributed by atoms with van der Waals surface area (Å²) in [5.74, 6) is 0. The normalized spacial score (nSPS) is 11.9. The zero-order valence-electron chi connectivity index (χ0n) is 11.3. The molecule has 2 rings (SSSR count). The lowest BCUT2D eigenvalue weighted by molar-refractivity contribution is 0.271. The van der Waals surface area contributed by atoms with Crippen molar-refractivity contribution in [3.63, 3.8) is 0 Å². The lowest BCUT2D eigenvalue weighted by atomic mass is 10.4. The van der Waals surface area contributed by atoms with Crippen molar-refractivity contribution >= 4 is 21.4 Å². The molecule has 110 valence electrons. The summed E-state index contributed by atoms with van der Waals surface area (Å²) in [5.41, 5.74) is 0.585. The van der Waals surface area contributed by atoms with Crippen molar-refractivity contribution in [3.8, 4) is 0 Å². The minimum Gasteiger partial charge on any atom is -0.390 e. The van der Waals surface area contributed by atoms with Crippen LogP contribution in [0, 0.1) is 6.92 Å². The summed E-state index contributed by atoms with van der Waals surface area (Å²) in [4.78, 5) is 5.12. The number of aliphatic hydroxyl groups is 1. The summed E-state index contributed by atoms with van der Waals surface area (Å²) in [6, 6.07) is 1.49. The van der Waals surface area contributed by atoms with E-state index in [1.165, 1.54) is 23.6 Å². The van der Waals surface area contributed by atoms with Gasteiger partial charge in [-0.3, -0.25) is 0 Å². The Kier molecular flexibility index (Phi) is 4.59. The third kappa shape index (κ3) is 3.26. The van der Waals surface area contributed by atoms with E-state index in [1.807, 2.05) is 13.8 Å². The highest BCUT2D eigenvalue weighted by atomic mass is 32.2. The van der Waals surface area contributed by atoms with E-state index in [1.54, 1.807) is 10.8 Å². The first-order valence-electron chi connectivity index (χ1n) is 6.17. The molecule has 8 heteroatoms. The van der Waals surface area contributed by atoms with Gasteiger partial charge in [0.25, 0.3) is 0 Å². The van der Waals surface area contributed by atoms with Crippen molar-refractivity contribution < 1.29 is 13.5 Å². The van der Waals surface area contributed by atoms with Crippen LogP contribution in [0.15, 0.2) is 23.4 Å². The van der Waals surface area contributed by atoms with Crippen molar-refractivity contribution in [3.05, 3.63) is 34.0 Å². The third-order valence-corrected chi connectivity index (χ3v) is 5.16. The highest BCUT2D eigenvalue weighted by Crippen LogP contribution is 2.16. The van der Waals surface area contributed by atoms with Gasteiger partial charge in [0, 0.05) is 36.1 Å². The molecular formula is C12H17N3O3S2. The van der Waals surface area contributed by atoms with Gasteiger partial charge in [0.2, 0.25) is 10.0 Å². The number of hydrogen-bond donors (Lipinski definition) is 2. The zero-order chi connectivity index (χ0) is 14.8. The van der Waals surface area contributed by atoms with Crippen LogP contribution in [0.4, 0.5) is 0 Å². The van der Waals surface area contributed by atoms with Crippen molar-refractivity contribution in [1.29, 1.82) is 0 Å². The quantitative estimate of drug-likeness (QED) is 0.840. The van der Waals surface area contributed by atoms with E-state index in [2.05, 4.69) is 9.71 Å². The predicted molar refractivity (Wildman–Crippen MR) is 76.9 cm³/mol. The highest BCUT2D eigenvalue weighted by Gasteiger charge is 2.18. The first-order chi connectivity index (χ1) is 9.46. The van der Waals surface area contributed by atoms with E-state index in [9.17, 15) is 13.5 Å². The summed E-state index contributed by atoms with van der Waals surface area (Å²) >= 11 is 1.46. The van der Waals surface area contributed by atoms with Gasteiger partial charge in [-0.05, 0) is 19.9 Å². The number of hydrogen-bond acceptors (Lipinski definition) is 5. The Morgan fingerprint density at radius 2 is 2.25 bits per heavy atom.